The molecular formula is C15H24N2O. The van der Waals surface area contributed by atoms with Crippen molar-refractivity contribution in [3.63, 3.8) is 0 Å². The zero-order valence-corrected chi connectivity index (χ0v) is 11.4. The van der Waals surface area contributed by atoms with Crippen molar-refractivity contribution in [1.29, 1.82) is 0 Å². The highest BCUT2D eigenvalue weighted by molar-refractivity contribution is 5.27. The second-order valence-corrected chi connectivity index (χ2v) is 5.24. The Bertz CT molecular complexity index is 381. The Labute approximate surface area is 110 Å². The van der Waals surface area contributed by atoms with Crippen LogP contribution in [0.3, 0.4) is 0 Å². The van der Waals surface area contributed by atoms with Gasteiger partial charge in [-0.3, -0.25) is 11.3 Å². The largest absolute Gasteiger partial charge is 0.376 e. The molecule has 2 rings (SSSR count). The lowest BCUT2D eigenvalue weighted by Crippen LogP contribution is -2.38. The van der Waals surface area contributed by atoms with Crippen LogP contribution in [0.15, 0.2) is 24.3 Å². The van der Waals surface area contributed by atoms with Crippen LogP contribution in [0.2, 0.25) is 0 Å². The summed E-state index contributed by atoms with van der Waals surface area (Å²) < 4.78 is 5.83. The summed E-state index contributed by atoms with van der Waals surface area (Å²) >= 11 is 0. The maximum Gasteiger partial charge on any atom is 0.0808 e. The Kier molecular flexibility index (Phi) is 4.75. The molecule has 0 aromatic heterocycles. The van der Waals surface area contributed by atoms with Gasteiger partial charge in [0.25, 0.3) is 0 Å². The molecule has 1 fully saturated rings. The zero-order valence-electron chi connectivity index (χ0n) is 11.4. The summed E-state index contributed by atoms with van der Waals surface area (Å²) in [6, 6.07) is 8.78. The molecular weight excluding hydrogens is 224 g/mol. The average molecular weight is 248 g/mol. The molecule has 1 aromatic carbocycles. The van der Waals surface area contributed by atoms with E-state index in [-0.39, 0.29) is 12.1 Å². The van der Waals surface area contributed by atoms with Crippen molar-refractivity contribution in [1.82, 2.24) is 5.43 Å². The number of benzene rings is 1. The SMILES string of the molecule is CCCc1cccc(C(NN)C2OCCC2C)c1. The minimum absolute atomic E-state index is 0.0966. The van der Waals surface area contributed by atoms with Gasteiger partial charge in [0.15, 0.2) is 0 Å². The van der Waals surface area contributed by atoms with Gasteiger partial charge in [-0.15, -0.1) is 0 Å². The molecule has 3 atom stereocenters. The molecule has 1 aliphatic rings. The smallest absolute Gasteiger partial charge is 0.0808 e. The summed E-state index contributed by atoms with van der Waals surface area (Å²) in [4.78, 5) is 0. The number of hydrazine groups is 1. The predicted molar refractivity (Wildman–Crippen MR) is 74.0 cm³/mol. The van der Waals surface area contributed by atoms with E-state index in [1.807, 2.05) is 0 Å². The number of nitrogens with two attached hydrogens (primary N) is 1. The van der Waals surface area contributed by atoms with Crippen LogP contribution in [0.25, 0.3) is 0 Å². The monoisotopic (exact) mass is 248 g/mol. The van der Waals surface area contributed by atoms with Gasteiger partial charge in [-0.25, -0.2) is 0 Å². The molecule has 1 heterocycles. The van der Waals surface area contributed by atoms with Gasteiger partial charge in [0.1, 0.15) is 0 Å². The lowest BCUT2D eigenvalue weighted by atomic mass is 9.92. The predicted octanol–water partition coefficient (Wildman–Crippen LogP) is 2.57. The van der Waals surface area contributed by atoms with Crippen molar-refractivity contribution in [3.8, 4) is 0 Å². The van der Waals surface area contributed by atoms with Gasteiger partial charge in [-0.05, 0) is 29.9 Å². The number of aryl methyl sites for hydroxylation is 1. The van der Waals surface area contributed by atoms with Gasteiger partial charge < -0.3 is 4.74 Å². The van der Waals surface area contributed by atoms with Gasteiger partial charge in [-0.2, -0.15) is 0 Å². The van der Waals surface area contributed by atoms with Gasteiger partial charge in [0.2, 0.25) is 0 Å². The number of ether oxygens (including phenoxy) is 1. The van der Waals surface area contributed by atoms with Gasteiger partial charge in [-0.1, -0.05) is 44.5 Å². The minimum atomic E-state index is 0.0966. The summed E-state index contributed by atoms with van der Waals surface area (Å²) in [5.74, 6) is 6.30. The van der Waals surface area contributed by atoms with Crippen LogP contribution in [0.5, 0.6) is 0 Å². The Morgan fingerprint density at radius 1 is 1.50 bits per heavy atom. The lowest BCUT2D eigenvalue weighted by molar-refractivity contribution is 0.0607. The lowest BCUT2D eigenvalue weighted by Gasteiger charge is -2.26. The molecule has 0 aliphatic carbocycles. The first-order valence-corrected chi connectivity index (χ1v) is 6.92. The maximum absolute atomic E-state index is 5.83. The van der Waals surface area contributed by atoms with E-state index in [2.05, 4.69) is 43.5 Å². The molecule has 0 spiro atoms. The number of hydrogen-bond acceptors (Lipinski definition) is 3. The third kappa shape index (κ3) is 2.91. The van der Waals surface area contributed by atoms with Crippen LogP contribution in [-0.4, -0.2) is 12.7 Å². The van der Waals surface area contributed by atoms with Crippen molar-refractivity contribution >= 4 is 0 Å². The van der Waals surface area contributed by atoms with E-state index in [4.69, 9.17) is 10.6 Å². The quantitative estimate of drug-likeness (QED) is 0.622. The third-order valence-electron chi connectivity index (χ3n) is 3.80. The summed E-state index contributed by atoms with van der Waals surface area (Å²) in [5, 5.41) is 0. The first kappa shape index (κ1) is 13.5. The van der Waals surface area contributed by atoms with E-state index < -0.39 is 0 Å². The summed E-state index contributed by atoms with van der Waals surface area (Å²) in [7, 11) is 0. The Balaban J connectivity index is 2.18. The highest BCUT2D eigenvalue weighted by Crippen LogP contribution is 2.31. The van der Waals surface area contributed by atoms with Gasteiger partial charge >= 0.3 is 0 Å². The first-order valence-electron chi connectivity index (χ1n) is 6.92. The van der Waals surface area contributed by atoms with Crippen molar-refractivity contribution in [3.05, 3.63) is 35.4 Å². The van der Waals surface area contributed by atoms with Crippen molar-refractivity contribution in [2.45, 2.75) is 45.3 Å². The molecule has 1 aliphatic heterocycles. The van der Waals surface area contributed by atoms with Crippen molar-refractivity contribution in [2.24, 2.45) is 11.8 Å². The van der Waals surface area contributed by atoms with Crippen LogP contribution in [0.4, 0.5) is 0 Å². The number of rotatable bonds is 5. The molecule has 0 bridgehead atoms. The van der Waals surface area contributed by atoms with Crippen LogP contribution in [-0.2, 0) is 11.2 Å². The highest BCUT2D eigenvalue weighted by Gasteiger charge is 2.32. The topological polar surface area (TPSA) is 47.3 Å². The number of hydrogen-bond donors (Lipinski definition) is 2. The van der Waals surface area contributed by atoms with Crippen LogP contribution in [0.1, 0.15) is 43.9 Å². The zero-order chi connectivity index (χ0) is 13.0. The Morgan fingerprint density at radius 3 is 2.94 bits per heavy atom. The minimum Gasteiger partial charge on any atom is -0.376 e. The molecule has 18 heavy (non-hydrogen) atoms. The fraction of sp³-hybridized carbons (Fsp3) is 0.600. The second kappa shape index (κ2) is 6.32. The molecule has 3 nitrogen and oxygen atoms in total. The Hall–Kier alpha value is -0.900. The Morgan fingerprint density at radius 2 is 2.33 bits per heavy atom. The van der Waals surface area contributed by atoms with E-state index in [1.54, 1.807) is 0 Å². The fourth-order valence-electron chi connectivity index (χ4n) is 2.75. The summed E-state index contributed by atoms with van der Waals surface area (Å²) in [6.45, 7) is 5.28. The highest BCUT2D eigenvalue weighted by atomic mass is 16.5. The van der Waals surface area contributed by atoms with Crippen molar-refractivity contribution in [2.75, 3.05) is 6.61 Å². The second-order valence-electron chi connectivity index (χ2n) is 5.24. The standard InChI is InChI=1S/C15H24N2O/c1-3-5-12-6-4-7-13(10-12)14(17-16)15-11(2)8-9-18-15/h4,6-7,10-11,14-15,17H,3,5,8-9,16H2,1-2H3. The summed E-state index contributed by atoms with van der Waals surface area (Å²) in [6.07, 6.45) is 3.59. The maximum atomic E-state index is 5.83. The molecule has 0 radical (unpaired) electrons. The number of nitrogens with one attached hydrogen (secondary N) is 1. The molecule has 1 saturated heterocycles. The molecule has 1 aromatic rings. The molecule has 0 amide bonds. The molecule has 0 saturated carbocycles. The first-order chi connectivity index (χ1) is 8.76. The molecule has 3 N–H and O–H groups in total. The third-order valence-corrected chi connectivity index (χ3v) is 3.80. The van der Waals surface area contributed by atoms with Gasteiger partial charge in [0.05, 0.1) is 12.1 Å². The van der Waals surface area contributed by atoms with Crippen LogP contribution >= 0.6 is 0 Å². The molecule has 100 valence electrons. The van der Waals surface area contributed by atoms with E-state index >= 15 is 0 Å². The van der Waals surface area contributed by atoms with Crippen molar-refractivity contribution < 1.29 is 4.74 Å². The van der Waals surface area contributed by atoms with E-state index in [0.29, 0.717) is 5.92 Å². The van der Waals surface area contributed by atoms with Crippen LogP contribution in [0, 0.1) is 5.92 Å². The molecule has 3 unspecified atom stereocenters. The fourth-order valence-corrected chi connectivity index (χ4v) is 2.75. The van der Waals surface area contributed by atoms with Gasteiger partial charge in [0, 0.05) is 6.61 Å². The van der Waals surface area contributed by atoms with E-state index in [9.17, 15) is 0 Å². The molecule has 3 heteroatoms. The summed E-state index contributed by atoms with van der Waals surface area (Å²) in [5.41, 5.74) is 5.55. The average Bonchev–Trinajstić information content (AvgIpc) is 2.78. The van der Waals surface area contributed by atoms with E-state index in [0.717, 1.165) is 19.4 Å². The normalized spacial score (nSPS) is 25.3. The van der Waals surface area contributed by atoms with E-state index in [1.165, 1.54) is 17.5 Å². The van der Waals surface area contributed by atoms with Crippen LogP contribution < -0.4 is 11.3 Å².